The van der Waals surface area contributed by atoms with Gasteiger partial charge in [0.1, 0.15) is 0 Å². The van der Waals surface area contributed by atoms with Gasteiger partial charge in [-0.2, -0.15) is 0 Å². The molecule has 1 amide bonds. The van der Waals surface area contributed by atoms with Gasteiger partial charge in [-0.1, -0.05) is 17.4 Å². The zero-order valence-corrected chi connectivity index (χ0v) is 18.2. The Bertz CT molecular complexity index is 1040. The van der Waals surface area contributed by atoms with E-state index in [1.807, 2.05) is 37.1 Å². The van der Waals surface area contributed by atoms with Gasteiger partial charge in [-0.25, -0.2) is 15.0 Å². The Kier molecular flexibility index (Phi) is 5.80. The summed E-state index contributed by atoms with van der Waals surface area (Å²) in [6.45, 7) is 6.77. The highest BCUT2D eigenvalue weighted by atomic mass is 32.1. The molecule has 2 N–H and O–H groups in total. The van der Waals surface area contributed by atoms with Crippen LogP contribution in [0, 0.1) is 6.92 Å². The van der Waals surface area contributed by atoms with Gasteiger partial charge in [-0.3, -0.25) is 4.79 Å². The van der Waals surface area contributed by atoms with Gasteiger partial charge in [-0.05, 0) is 31.2 Å². The molecule has 3 heterocycles. The molecule has 3 aromatic rings. The van der Waals surface area contributed by atoms with Crippen LogP contribution in [-0.4, -0.2) is 59.0 Å². The fraction of sp³-hybridized carbons (Fsp3) is 0.333. The number of nitrogens with zero attached hydrogens (tertiary/aromatic N) is 5. The van der Waals surface area contributed by atoms with E-state index in [9.17, 15) is 4.79 Å². The molecule has 1 aliphatic rings. The number of thiazole rings is 1. The Morgan fingerprint density at radius 3 is 2.63 bits per heavy atom. The van der Waals surface area contributed by atoms with E-state index >= 15 is 0 Å². The van der Waals surface area contributed by atoms with E-state index in [4.69, 9.17) is 0 Å². The molecule has 0 atom stereocenters. The summed E-state index contributed by atoms with van der Waals surface area (Å²) in [5, 5.41) is 7.27. The average molecular weight is 424 g/mol. The van der Waals surface area contributed by atoms with Crippen LogP contribution in [0.25, 0.3) is 10.6 Å². The fourth-order valence-corrected chi connectivity index (χ4v) is 4.36. The Morgan fingerprint density at radius 2 is 1.93 bits per heavy atom. The zero-order valence-electron chi connectivity index (χ0n) is 17.3. The third-order valence-corrected chi connectivity index (χ3v) is 6.29. The van der Waals surface area contributed by atoms with Gasteiger partial charge in [-0.15, -0.1) is 0 Å². The summed E-state index contributed by atoms with van der Waals surface area (Å²) in [7, 11) is 1.86. The predicted molar refractivity (Wildman–Crippen MR) is 122 cm³/mol. The highest BCUT2D eigenvalue weighted by Crippen LogP contribution is 2.32. The second-order valence-corrected chi connectivity index (χ2v) is 8.12. The summed E-state index contributed by atoms with van der Waals surface area (Å²) in [4.78, 5) is 30.3. The molecule has 1 fully saturated rings. The third kappa shape index (κ3) is 4.35. The van der Waals surface area contributed by atoms with Crippen LogP contribution in [0.5, 0.6) is 0 Å². The number of carbonyl (C=O) groups excluding carboxylic acids is 1. The second-order valence-electron chi connectivity index (χ2n) is 7.12. The van der Waals surface area contributed by atoms with Crippen molar-refractivity contribution in [3.63, 3.8) is 0 Å². The van der Waals surface area contributed by atoms with Crippen molar-refractivity contribution in [2.45, 2.75) is 13.8 Å². The molecule has 0 unspecified atom stereocenters. The van der Waals surface area contributed by atoms with Crippen molar-refractivity contribution in [3.8, 4) is 10.6 Å². The van der Waals surface area contributed by atoms with Crippen LogP contribution in [0.3, 0.4) is 0 Å². The molecule has 1 saturated heterocycles. The highest BCUT2D eigenvalue weighted by Gasteiger charge is 2.19. The van der Waals surface area contributed by atoms with Crippen molar-refractivity contribution in [2.75, 3.05) is 48.8 Å². The number of piperazine rings is 1. The van der Waals surface area contributed by atoms with Crippen molar-refractivity contribution in [1.82, 2.24) is 19.9 Å². The monoisotopic (exact) mass is 423 g/mol. The molecule has 4 rings (SSSR count). The van der Waals surface area contributed by atoms with Crippen LogP contribution < -0.4 is 15.5 Å². The first kappa shape index (κ1) is 20.1. The highest BCUT2D eigenvalue weighted by molar-refractivity contribution is 7.19. The largest absolute Gasteiger partial charge is 0.368 e. The Balaban J connectivity index is 1.49. The van der Waals surface area contributed by atoms with Crippen molar-refractivity contribution in [2.24, 2.45) is 0 Å². The lowest BCUT2D eigenvalue weighted by atomic mass is 10.2. The van der Waals surface area contributed by atoms with E-state index in [2.05, 4.69) is 42.6 Å². The molecule has 8 nitrogen and oxygen atoms in total. The second kappa shape index (κ2) is 8.66. The molecule has 156 valence electrons. The third-order valence-electron chi connectivity index (χ3n) is 5.09. The summed E-state index contributed by atoms with van der Waals surface area (Å²) >= 11 is 1.58. The number of aryl methyl sites for hydroxylation is 1. The molecule has 30 heavy (non-hydrogen) atoms. The topological polar surface area (TPSA) is 86.3 Å². The Hall–Kier alpha value is -3.20. The summed E-state index contributed by atoms with van der Waals surface area (Å²) in [5.74, 6) is 0.685. The zero-order chi connectivity index (χ0) is 21.1. The molecular formula is C21H25N7OS. The molecule has 0 spiro atoms. The number of carbonyl (C=O) groups is 1. The Labute approximate surface area is 180 Å². The molecular weight excluding hydrogens is 398 g/mol. The van der Waals surface area contributed by atoms with Crippen LogP contribution in [0.2, 0.25) is 0 Å². The van der Waals surface area contributed by atoms with E-state index in [1.165, 1.54) is 0 Å². The van der Waals surface area contributed by atoms with Crippen LogP contribution >= 0.6 is 11.3 Å². The van der Waals surface area contributed by atoms with Gasteiger partial charge in [0, 0.05) is 57.7 Å². The minimum Gasteiger partial charge on any atom is -0.368 e. The van der Waals surface area contributed by atoms with E-state index in [0.717, 1.165) is 59.0 Å². The smallest absolute Gasteiger partial charge is 0.227 e. The van der Waals surface area contributed by atoms with Crippen LogP contribution in [-0.2, 0) is 4.79 Å². The molecule has 0 radical (unpaired) electrons. The Morgan fingerprint density at radius 1 is 1.13 bits per heavy atom. The number of hydrogen-bond acceptors (Lipinski definition) is 8. The maximum atomic E-state index is 11.5. The standard InChI is InChI=1S/C21H25N7OS/c1-14-19(30-21(22-3)24-14)18-7-8-23-20(26-18)25-16-5-4-6-17(13-16)28-11-9-27(10-12-28)15(2)29/h4-8,13H,9-12H2,1-3H3,(H,22,24)(H,23,25,26). The van der Waals surface area contributed by atoms with Crippen molar-refractivity contribution < 1.29 is 4.79 Å². The average Bonchev–Trinajstić information content (AvgIpc) is 3.15. The van der Waals surface area contributed by atoms with E-state index < -0.39 is 0 Å². The summed E-state index contributed by atoms with van der Waals surface area (Å²) in [6, 6.07) is 10.1. The quantitative estimate of drug-likeness (QED) is 0.651. The van der Waals surface area contributed by atoms with Crippen molar-refractivity contribution >= 4 is 39.7 Å². The summed E-state index contributed by atoms with van der Waals surface area (Å²) in [5.41, 5.74) is 3.84. The minimum atomic E-state index is 0.139. The number of amides is 1. The number of benzene rings is 1. The van der Waals surface area contributed by atoms with Gasteiger partial charge < -0.3 is 20.4 Å². The lowest BCUT2D eigenvalue weighted by molar-refractivity contribution is -0.129. The normalized spacial score (nSPS) is 14.0. The first-order valence-corrected chi connectivity index (χ1v) is 10.7. The number of aromatic nitrogens is 3. The molecule has 0 aliphatic carbocycles. The SMILES string of the molecule is CNc1nc(C)c(-c2ccnc(Nc3cccc(N4CCN(C(C)=O)CC4)c3)n2)s1. The number of nitrogens with one attached hydrogen (secondary N) is 2. The maximum absolute atomic E-state index is 11.5. The van der Waals surface area contributed by atoms with Crippen LogP contribution in [0.15, 0.2) is 36.5 Å². The summed E-state index contributed by atoms with van der Waals surface area (Å²) in [6.07, 6.45) is 1.76. The van der Waals surface area contributed by atoms with Gasteiger partial charge in [0.15, 0.2) is 5.13 Å². The molecule has 1 aromatic carbocycles. The lowest BCUT2D eigenvalue weighted by Crippen LogP contribution is -2.48. The van der Waals surface area contributed by atoms with Gasteiger partial charge in [0.25, 0.3) is 0 Å². The maximum Gasteiger partial charge on any atom is 0.227 e. The van der Waals surface area contributed by atoms with Gasteiger partial charge >= 0.3 is 0 Å². The molecule has 9 heteroatoms. The predicted octanol–water partition coefficient (Wildman–Crippen LogP) is 3.36. The van der Waals surface area contributed by atoms with Crippen molar-refractivity contribution in [3.05, 3.63) is 42.2 Å². The van der Waals surface area contributed by atoms with E-state index in [1.54, 1.807) is 24.5 Å². The summed E-state index contributed by atoms with van der Waals surface area (Å²) < 4.78 is 0. The number of anilines is 4. The molecule has 0 bridgehead atoms. The molecule has 2 aromatic heterocycles. The van der Waals surface area contributed by atoms with E-state index in [0.29, 0.717) is 5.95 Å². The molecule has 1 aliphatic heterocycles. The minimum absolute atomic E-state index is 0.139. The number of hydrogen-bond donors (Lipinski definition) is 2. The number of rotatable bonds is 5. The molecule has 0 saturated carbocycles. The van der Waals surface area contributed by atoms with E-state index in [-0.39, 0.29) is 5.91 Å². The van der Waals surface area contributed by atoms with Crippen LogP contribution in [0.1, 0.15) is 12.6 Å². The first-order valence-electron chi connectivity index (χ1n) is 9.89. The fourth-order valence-electron chi connectivity index (χ4n) is 3.48. The van der Waals surface area contributed by atoms with Crippen LogP contribution in [0.4, 0.5) is 22.5 Å². The lowest BCUT2D eigenvalue weighted by Gasteiger charge is -2.35. The van der Waals surface area contributed by atoms with Crippen molar-refractivity contribution in [1.29, 1.82) is 0 Å². The first-order chi connectivity index (χ1) is 14.5. The van der Waals surface area contributed by atoms with Gasteiger partial charge in [0.2, 0.25) is 11.9 Å². The van der Waals surface area contributed by atoms with Gasteiger partial charge in [0.05, 0.1) is 16.3 Å².